The third-order valence-electron chi connectivity index (χ3n) is 4.07. The van der Waals surface area contributed by atoms with Crippen molar-refractivity contribution in [3.05, 3.63) is 30.6 Å². The summed E-state index contributed by atoms with van der Waals surface area (Å²) in [5, 5.41) is 3.42. The van der Waals surface area contributed by atoms with Gasteiger partial charge in [-0.15, -0.1) is 0 Å². The molecule has 0 spiro atoms. The molecule has 122 valence electrons. The van der Waals surface area contributed by atoms with Gasteiger partial charge in [0.15, 0.2) is 17.3 Å². The first kappa shape index (κ1) is 15.4. The Balaban J connectivity index is 1.79. The smallest absolute Gasteiger partial charge is 0.248 e. The van der Waals surface area contributed by atoms with Gasteiger partial charge < -0.3 is 20.5 Å². The molecule has 0 unspecified atom stereocenters. The fraction of sp³-hybridized carbons (Fsp3) is 0.412. The summed E-state index contributed by atoms with van der Waals surface area (Å²) >= 11 is 0. The van der Waals surface area contributed by atoms with Gasteiger partial charge in [0.1, 0.15) is 12.0 Å². The molecule has 1 fully saturated rings. The molecular weight excluding hydrogens is 292 g/mol. The van der Waals surface area contributed by atoms with E-state index in [-0.39, 0.29) is 0 Å². The number of nitrogens with zero attached hydrogens (tertiary/aromatic N) is 2. The zero-order valence-corrected chi connectivity index (χ0v) is 13.3. The number of nitrogens with one attached hydrogen (secondary N) is 1. The van der Waals surface area contributed by atoms with Crippen LogP contribution in [0.25, 0.3) is 0 Å². The van der Waals surface area contributed by atoms with Crippen LogP contribution in [0.5, 0.6) is 17.4 Å². The zero-order valence-electron chi connectivity index (χ0n) is 13.3. The van der Waals surface area contributed by atoms with Gasteiger partial charge in [-0.2, -0.15) is 4.98 Å². The van der Waals surface area contributed by atoms with Crippen molar-refractivity contribution < 1.29 is 9.47 Å². The standard InChI is InChI=1S/C17H22N4O2/c1-22-13-9-5-6-10-14(13)23-17-15(18)16(19-11-20-17)21-12-7-3-2-4-8-12/h5-6,9-12H,2-4,7-8,18H2,1H3,(H,19,20,21). The summed E-state index contributed by atoms with van der Waals surface area (Å²) < 4.78 is 11.1. The van der Waals surface area contributed by atoms with E-state index in [1.807, 2.05) is 24.3 Å². The molecule has 1 aromatic heterocycles. The summed E-state index contributed by atoms with van der Waals surface area (Å²) in [6.45, 7) is 0. The minimum Gasteiger partial charge on any atom is -0.493 e. The molecule has 1 aromatic carbocycles. The van der Waals surface area contributed by atoms with Crippen LogP contribution in [0.3, 0.4) is 0 Å². The number of ether oxygens (including phenoxy) is 2. The van der Waals surface area contributed by atoms with E-state index in [0.717, 1.165) is 12.8 Å². The normalized spacial score (nSPS) is 15.2. The van der Waals surface area contributed by atoms with Crippen LogP contribution in [0.2, 0.25) is 0 Å². The highest BCUT2D eigenvalue weighted by molar-refractivity contribution is 5.67. The quantitative estimate of drug-likeness (QED) is 0.877. The van der Waals surface area contributed by atoms with Crippen molar-refractivity contribution in [2.45, 2.75) is 38.1 Å². The predicted molar refractivity (Wildman–Crippen MR) is 90.0 cm³/mol. The maximum atomic E-state index is 6.19. The molecule has 0 bridgehead atoms. The Labute approximate surface area is 136 Å². The number of hydrogen-bond donors (Lipinski definition) is 2. The summed E-state index contributed by atoms with van der Waals surface area (Å²) in [7, 11) is 1.60. The largest absolute Gasteiger partial charge is 0.493 e. The molecular formula is C17H22N4O2. The van der Waals surface area contributed by atoms with Crippen molar-refractivity contribution in [2.24, 2.45) is 0 Å². The molecule has 3 N–H and O–H groups in total. The first-order chi connectivity index (χ1) is 11.3. The lowest BCUT2D eigenvalue weighted by Gasteiger charge is -2.24. The lowest BCUT2D eigenvalue weighted by atomic mass is 9.95. The average Bonchev–Trinajstić information content (AvgIpc) is 2.60. The summed E-state index contributed by atoms with van der Waals surface area (Å²) in [5.74, 6) is 2.18. The highest BCUT2D eigenvalue weighted by Crippen LogP contribution is 2.35. The molecule has 6 heteroatoms. The summed E-state index contributed by atoms with van der Waals surface area (Å²) in [4.78, 5) is 8.41. The van der Waals surface area contributed by atoms with E-state index in [4.69, 9.17) is 15.2 Å². The lowest BCUT2D eigenvalue weighted by molar-refractivity contribution is 0.374. The molecule has 1 saturated carbocycles. The number of rotatable bonds is 5. The van der Waals surface area contributed by atoms with Crippen LogP contribution in [0.1, 0.15) is 32.1 Å². The number of nitrogens with two attached hydrogens (primary N) is 1. The molecule has 6 nitrogen and oxygen atoms in total. The van der Waals surface area contributed by atoms with E-state index in [1.165, 1.54) is 25.6 Å². The molecule has 0 atom stereocenters. The topological polar surface area (TPSA) is 82.3 Å². The van der Waals surface area contributed by atoms with E-state index in [9.17, 15) is 0 Å². The van der Waals surface area contributed by atoms with Gasteiger partial charge in [0.2, 0.25) is 5.88 Å². The highest BCUT2D eigenvalue weighted by atomic mass is 16.5. The van der Waals surface area contributed by atoms with Gasteiger partial charge in [0, 0.05) is 6.04 Å². The molecule has 0 radical (unpaired) electrons. The lowest BCUT2D eigenvalue weighted by Crippen LogP contribution is -2.23. The number of para-hydroxylation sites is 2. The Kier molecular flexibility index (Phi) is 4.80. The Morgan fingerprint density at radius 3 is 2.57 bits per heavy atom. The van der Waals surface area contributed by atoms with Crippen LogP contribution in [0.4, 0.5) is 11.5 Å². The second-order valence-corrected chi connectivity index (χ2v) is 5.67. The van der Waals surface area contributed by atoms with Gasteiger partial charge in [-0.3, -0.25) is 0 Å². The van der Waals surface area contributed by atoms with E-state index in [0.29, 0.717) is 34.9 Å². The Morgan fingerprint density at radius 1 is 1.09 bits per heavy atom. The van der Waals surface area contributed by atoms with Crippen molar-refractivity contribution in [1.29, 1.82) is 0 Å². The highest BCUT2D eigenvalue weighted by Gasteiger charge is 2.17. The molecule has 0 aliphatic heterocycles. The van der Waals surface area contributed by atoms with Crippen molar-refractivity contribution in [3.63, 3.8) is 0 Å². The van der Waals surface area contributed by atoms with Crippen LogP contribution in [0, 0.1) is 0 Å². The first-order valence-electron chi connectivity index (χ1n) is 7.96. The summed E-state index contributed by atoms with van der Waals surface area (Å²) in [6, 6.07) is 7.81. The Bertz CT molecular complexity index is 657. The molecule has 3 rings (SSSR count). The molecule has 23 heavy (non-hydrogen) atoms. The van der Waals surface area contributed by atoms with Gasteiger partial charge >= 0.3 is 0 Å². The number of methoxy groups -OCH3 is 1. The average molecular weight is 314 g/mol. The number of aromatic nitrogens is 2. The first-order valence-corrected chi connectivity index (χ1v) is 7.96. The second-order valence-electron chi connectivity index (χ2n) is 5.67. The monoisotopic (exact) mass is 314 g/mol. The molecule has 1 aliphatic carbocycles. The maximum absolute atomic E-state index is 6.19. The van der Waals surface area contributed by atoms with Crippen molar-refractivity contribution >= 4 is 11.5 Å². The minimum absolute atomic E-state index is 0.336. The molecule has 2 aromatic rings. The molecule has 1 heterocycles. The van der Waals surface area contributed by atoms with E-state index in [2.05, 4.69) is 15.3 Å². The number of anilines is 2. The Morgan fingerprint density at radius 2 is 1.83 bits per heavy atom. The van der Waals surface area contributed by atoms with E-state index < -0.39 is 0 Å². The molecule has 1 aliphatic rings. The van der Waals surface area contributed by atoms with Gasteiger partial charge in [-0.1, -0.05) is 31.4 Å². The third kappa shape index (κ3) is 3.64. The maximum Gasteiger partial charge on any atom is 0.248 e. The van der Waals surface area contributed by atoms with Crippen molar-refractivity contribution in [1.82, 2.24) is 9.97 Å². The van der Waals surface area contributed by atoms with E-state index >= 15 is 0 Å². The van der Waals surface area contributed by atoms with Crippen LogP contribution < -0.4 is 20.5 Å². The predicted octanol–water partition coefficient (Wildman–Crippen LogP) is 3.60. The third-order valence-corrected chi connectivity index (χ3v) is 4.07. The van der Waals surface area contributed by atoms with Crippen molar-refractivity contribution in [3.8, 4) is 17.4 Å². The number of nitrogen functional groups attached to an aromatic ring is 1. The Hall–Kier alpha value is -2.50. The molecule has 0 amide bonds. The minimum atomic E-state index is 0.336. The van der Waals surface area contributed by atoms with Gasteiger partial charge in [0.05, 0.1) is 7.11 Å². The SMILES string of the molecule is COc1ccccc1Oc1ncnc(NC2CCCCC2)c1N. The van der Waals surface area contributed by atoms with Gasteiger partial charge in [-0.25, -0.2) is 4.98 Å². The van der Waals surface area contributed by atoms with Crippen LogP contribution >= 0.6 is 0 Å². The van der Waals surface area contributed by atoms with Gasteiger partial charge in [0.25, 0.3) is 0 Å². The summed E-state index contributed by atoms with van der Waals surface area (Å²) in [6.07, 6.45) is 7.55. The van der Waals surface area contributed by atoms with Crippen LogP contribution in [-0.4, -0.2) is 23.1 Å². The van der Waals surface area contributed by atoms with Crippen LogP contribution in [-0.2, 0) is 0 Å². The van der Waals surface area contributed by atoms with E-state index in [1.54, 1.807) is 7.11 Å². The van der Waals surface area contributed by atoms with Crippen LogP contribution in [0.15, 0.2) is 30.6 Å². The molecule has 0 saturated heterocycles. The zero-order chi connectivity index (χ0) is 16.1. The van der Waals surface area contributed by atoms with Crippen molar-refractivity contribution in [2.75, 3.05) is 18.2 Å². The fourth-order valence-electron chi connectivity index (χ4n) is 2.82. The summed E-state index contributed by atoms with van der Waals surface area (Å²) in [5.41, 5.74) is 6.61. The number of hydrogen-bond acceptors (Lipinski definition) is 6. The fourth-order valence-corrected chi connectivity index (χ4v) is 2.82. The van der Waals surface area contributed by atoms with Gasteiger partial charge in [-0.05, 0) is 25.0 Å². The second kappa shape index (κ2) is 7.17. The number of benzene rings is 1.